The Bertz CT molecular complexity index is 134. The smallest absolute Gasteiger partial charge is 0.123 e. The Labute approximate surface area is 54.8 Å². The summed E-state index contributed by atoms with van der Waals surface area (Å²) < 4.78 is 0. The molecular weight excluding hydrogens is 114 g/mol. The maximum absolute atomic E-state index is 10.3. The highest BCUT2D eigenvalue weighted by atomic mass is 16.1. The molecule has 0 aromatic carbocycles. The highest BCUT2D eigenvalue weighted by Crippen LogP contribution is 2.49. The molecule has 50 valence electrons. The second kappa shape index (κ2) is 1.57. The van der Waals surface area contributed by atoms with E-state index < -0.39 is 0 Å². The lowest BCUT2D eigenvalue weighted by Crippen LogP contribution is -2.19. The molecule has 1 aliphatic heterocycles. The van der Waals surface area contributed by atoms with Gasteiger partial charge in [-0.1, -0.05) is 0 Å². The van der Waals surface area contributed by atoms with Crippen LogP contribution in [0.1, 0.15) is 0 Å². The first-order valence-corrected chi connectivity index (χ1v) is 3.47. The van der Waals surface area contributed by atoms with E-state index in [1.165, 1.54) is 0 Å². The van der Waals surface area contributed by atoms with Crippen LogP contribution in [0.25, 0.3) is 0 Å². The van der Waals surface area contributed by atoms with E-state index in [0.29, 0.717) is 5.92 Å². The number of nitrogens with zero attached hydrogens (tertiary/aromatic N) is 1. The van der Waals surface area contributed by atoms with Crippen molar-refractivity contribution in [3.8, 4) is 0 Å². The molecule has 1 saturated heterocycles. The van der Waals surface area contributed by atoms with Crippen LogP contribution >= 0.6 is 0 Å². The van der Waals surface area contributed by atoms with Crippen molar-refractivity contribution in [1.82, 2.24) is 4.90 Å². The molecule has 0 bridgehead atoms. The zero-order valence-corrected chi connectivity index (χ0v) is 5.58. The van der Waals surface area contributed by atoms with E-state index in [1.54, 1.807) is 0 Å². The monoisotopic (exact) mass is 125 g/mol. The van der Waals surface area contributed by atoms with Crippen molar-refractivity contribution >= 4 is 6.29 Å². The predicted molar refractivity (Wildman–Crippen MR) is 34.0 cm³/mol. The normalized spacial score (nSPS) is 48.8. The minimum absolute atomic E-state index is 0.432. The molecule has 0 radical (unpaired) electrons. The van der Waals surface area contributed by atoms with Gasteiger partial charge in [0.1, 0.15) is 6.29 Å². The van der Waals surface area contributed by atoms with Crippen molar-refractivity contribution < 1.29 is 4.79 Å². The van der Waals surface area contributed by atoms with Gasteiger partial charge in [0.15, 0.2) is 0 Å². The molecule has 2 nitrogen and oxygen atoms in total. The molecule has 0 amide bonds. The van der Waals surface area contributed by atoms with Crippen LogP contribution in [0.2, 0.25) is 0 Å². The van der Waals surface area contributed by atoms with Crippen molar-refractivity contribution in [2.45, 2.75) is 0 Å². The molecule has 1 heterocycles. The maximum Gasteiger partial charge on any atom is 0.123 e. The third-order valence-corrected chi connectivity index (χ3v) is 2.60. The highest BCUT2D eigenvalue weighted by Gasteiger charge is 2.54. The zero-order chi connectivity index (χ0) is 6.43. The highest BCUT2D eigenvalue weighted by molar-refractivity contribution is 5.60. The Kier molecular flexibility index (Phi) is 0.943. The molecule has 2 heteroatoms. The van der Waals surface area contributed by atoms with Gasteiger partial charge >= 0.3 is 0 Å². The van der Waals surface area contributed by atoms with Crippen molar-refractivity contribution in [1.29, 1.82) is 0 Å². The number of aldehydes is 1. The van der Waals surface area contributed by atoms with Crippen LogP contribution in [-0.4, -0.2) is 31.3 Å². The number of rotatable bonds is 1. The molecule has 0 N–H and O–H groups in total. The molecule has 1 unspecified atom stereocenters. The lowest BCUT2D eigenvalue weighted by atomic mass is 10.3. The van der Waals surface area contributed by atoms with E-state index in [0.717, 1.165) is 31.2 Å². The standard InChI is InChI=1S/C7H11NO/c1-8-2-5-6(3-8)7(5)4-9/h4-7H,2-3H2,1H3/t5-,6+,7?. The predicted octanol–water partition coefficient (Wildman–Crippen LogP) is -0.00710. The molecule has 9 heavy (non-hydrogen) atoms. The summed E-state index contributed by atoms with van der Waals surface area (Å²) in [4.78, 5) is 12.6. The second-order valence-electron chi connectivity index (χ2n) is 3.26. The molecule has 2 rings (SSSR count). The number of carbonyl (C=O) groups is 1. The first kappa shape index (κ1) is 5.42. The summed E-state index contributed by atoms with van der Waals surface area (Å²) in [5.41, 5.74) is 0. The fraction of sp³-hybridized carbons (Fsp3) is 0.857. The minimum Gasteiger partial charge on any atom is -0.306 e. The van der Waals surface area contributed by atoms with E-state index in [4.69, 9.17) is 0 Å². The largest absolute Gasteiger partial charge is 0.306 e. The summed E-state index contributed by atoms with van der Waals surface area (Å²) in [6, 6.07) is 0. The van der Waals surface area contributed by atoms with Gasteiger partial charge < -0.3 is 9.69 Å². The van der Waals surface area contributed by atoms with E-state index >= 15 is 0 Å². The lowest BCUT2D eigenvalue weighted by Gasteiger charge is -2.09. The fourth-order valence-electron chi connectivity index (χ4n) is 1.99. The minimum atomic E-state index is 0.432. The summed E-state index contributed by atoms with van der Waals surface area (Å²) >= 11 is 0. The molecule has 0 spiro atoms. The van der Waals surface area contributed by atoms with Gasteiger partial charge in [0.2, 0.25) is 0 Å². The second-order valence-corrected chi connectivity index (χ2v) is 3.26. The summed E-state index contributed by atoms with van der Waals surface area (Å²) in [6.07, 6.45) is 1.13. The number of hydrogen-bond donors (Lipinski definition) is 0. The van der Waals surface area contributed by atoms with Crippen molar-refractivity contribution in [2.24, 2.45) is 17.8 Å². The van der Waals surface area contributed by atoms with Gasteiger partial charge in [-0.3, -0.25) is 0 Å². The van der Waals surface area contributed by atoms with Crippen LogP contribution < -0.4 is 0 Å². The van der Waals surface area contributed by atoms with Gasteiger partial charge in [0, 0.05) is 19.0 Å². The third-order valence-electron chi connectivity index (χ3n) is 2.60. The van der Waals surface area contributed by atoms with Crippen LogP contribution in [0.4, 0.5) is 0 Å². The number of piperidine rings is 1. The van der Waals surface area contributed by atoms with Crippen LogP contribution in [-0.2, 0) is 4.79 Å². The Hall–Kier alpha value is -0.370. The maximum atomic E-state index is 10.3. The first-order chi connectivity index (χ1) is 4.33. The Morgan fingerprint density at radius 2 is 2.00 bits per heavy atom. The molecule has 1 aliphatic carbocycles. The van der Waals surface area contributed by atoms with E-state index in [2.05, 4.69) is 11.9 Å². The Morgan fingerprint density at radius 1 is 1.44 bits per heavy atom. The van der Waals surface area contributed by atoms with Gasteiger partial charge in [0.05, 0.1) is 0 Å². The van der Waals surface area contributed by atoms with Gasteiger partial charge in [-0.25, -0.2) is 0 Å². The van der Waals surface area contributed by atoms with Crippen LogP contribution in [0, 0.1) is 17.8 Å². The van der Waals surface area contributed by atoms with Crippen LogP contribution in [0.5, 0.6) is 0 Å². The van der Waals surface area contributed by atoms with Gasteiger partial charge in [-0.05, 0) is 18.9 Å². The molecular formula is C7H11NO. The number of likely N-dealkylation sites (tertiary alicyclic amines) is 1. The topological polar surface area (TPSA) is 20.3 Å². The quantitative estimate of drug-likeness (QED) is 0.459. The molecule has 0 aromatic heterocycles. The van der Waals surface area contributed by atoms with Crippen molar-refractivity contribution in [3.05, 3.63) is 0 Å². The van der Waals surface area contributed by atoms with E-state index in [1.807, 2.05) is 0 Å². The zero-order valence-electron chi connectivity index (χ0n) is 5.58. The third kappa shape index (κ3) is 0.628. The van der Waals surface area contributed by atoms with E-state index in [9.17, 15) is 4.79 Å². The number of hydrogen-bond acceptors (Lipinski definition) is 2. The molecule has 2 aliphatic rings. The Balaban J connectivity index is 1.98. The summed E-state index contributed by atoms with van der Waals surface area (Å²) in [7, 11) is 2.12. The van der Waals surface area contributed by atoms with Gasteiger partial charge in [0.25, 0.3) is 0 Å². The van der Waals surface area contributed by atoms with Crippen LogP contribution in [0.3, 0.4) is 0 Å². The van der Waals surface area contributed by atoms with Crippen molar-refractivity contribution in [2.75, 3.05) is 20.1 Å². The van der Waals surface area contributed by atoms with Crippen LogP contribution in [0.15, 0.2) is 0 Å². The Morgan fingerprint density at radius 3 is 2.44 bits per heavy atom. The average Bonchev–Trinajstić information content (AvgIpc) is 2.30. The SMILES string of the molecule is CN1C[C@@H]2C(C=O)[C@@H]2C1. The number of fused-ring (bicyclic) bond motifs is 1. The summed E-state index contributed by atoms with van der Waals surface area (Å²) in [5.74, 6) is 1.89. The number of carbonyl (C=O) groups excluding carboxylic acids is 1. The van der Waals surface area contributed by atoms with Gasteiger partial charge in [-0.2, -0.15) is 0 Å². The molecule has 2 fully saturated rings. The average molecular weight is 125 g/mol. The molecule has 3 atom stereocenters. The molecule has 1 saturated carbocycles. The van der Waals surface area contributed by atoms with E-state index in [-0.39, 0.29) is 0 Å². The molecule has 0 aromatic rings. The fourth-order valence-corrected chi connectivity index (χ4v) is 1.99. The van der Waals surface area contributed by atoms with Crippen molar-refractivity contribution in [3.63, 3.8) is 0 Å². The summed E-state index contributed by atoms with van der Waals surface area (Å²) in [6.45, 7) is 2.29. The lowest BCUT2D eigenvalue weighted by molar-refractivity contribution is -0.109. The van der Waals surface area contributed by atoms with Gasteiger partial charge in [-0.15, -0.1) is 0 Å². The summed E-state index contributed by atoms with van der Waals surface area (Å²) in [5, 5.41) is 0. The first-order valence-electron chi connectivity index (χ1n) is 3.47.